The van der Waals surface area contributed by atoms with Crippen molar-refractivity contribution in [2.45, 2.75) is 76.5 Å². The van der Waals surface area contributed by atoms with Crippen LogP contribution in [0.5, 0.6) is 0 Å². The minimum absolute atomic E-state index is 0.0238. The highest BCUT2D eigenvalue weighted by atomic mass is 35.5. The maximum absolute atomic E-state index is 13.1. The van der Waals surface area contributed by atoms with Crippen molar-refractivity contribution < 1.29 is 17.9 Å². The Morgan fingerprint density at radius 3 is 2.54 bits per heavy atom. The largest absolute Gasteiger partial charge is 0.373 e. The van der Waals surface area contributed by atoms with E-state index in [2.05, 4.69) is 12.2 Å². The highest BCUT2D eigenvalue weighted by Crippen LogP contribution is 2.28. The van der Waals surface area contributed by atoms with Crippen molar-refractivity contribution >= 4 is 27.5 Å². The Kier molecular flexibility index (Phi) is 8.30. The molecule has 1 aliphatic heterocycles. The molecule has 1 aromatic rings. The SMILES string of the molecule is CCCCCC(C)NC(=O)c1ccc(Cl)c(S(=O)(=O)N2CC(C)OC(C)C2)c1. The Bertz CT molecular complexity index is 774. The molecule has 6 nitrogen and oxygen atoms in total. The quantitative estimate of drug-likeness (QED) is 0.636. The van der Waals surface area contributed by atoms with E-state index in [9.17, 15) is 13.2 Å². The first-order valence-corrected chi connectivity index (χ1v) is 11.7. The second kappa shape index (κ2) is 10.1. The van der Waals surface area contributed by atoms with Crippen LogP contribution in [0.4, 0.5) is 0 Å². The summed E-state index contributed by atoms with van der Waals surface area (Å²) >= 11 is 6.20. The highest BCUT2D eigenvalue weighted by Gasteiger charge is 2.33. The van der Waals surface area contributed by atoms with Crippen molar-refractivity contribution in [3.63, 3.8) is 0 Å². The van der Waals surface area contributed by atoms with Crippen LogP contribution in [0.25, 0.3) is 0 Å². The van der Waals surface area contributed by atoms with Crippen molar-refractivity contribution in [3.05, 3.63) is 28.8 Å². The van der Waals surface area contributed by atoms with Gasteiger partial charge in [0.1, 0.15) is 4.90 Å². The third kappa shape index (κ3) is 5.92. The van der Waals surface area contributed by atoms with Crippen LogP contribution >= 0.6 is 11.6 Å². The summed E-state index contributed by atoms with van der Waals surface area (Å²) in [7, 11) is -3.82. The van der Waals surface area contributed by atoms with E-state index in [-0.39, 0.29) is 47.2 Å². The van der Waals surface area contributed by atoms with Gasteiger partial charge in [0, 0.05) is 24.7 Å². The normalized spacial score (nSPS) is 22.0. The monoisotopic (exact) mass is 430 g/mol. The fourth-order valence-electron chi connectivity index (χ4n) is 3.39. The van der Waals surface area contributed by atoms with Gasteiger partial charge in [-0.1, -0.05) is 37.8 Å². The molecule has 8 heteroatoms. The van der Waals surface area contributed by atoms with Gasteiger partial charge in [0.25, 0.3) is 5.91 Å². The van der Waals surface area contributed by atoms with Crippen molar-refractivity contribution in [2.24, 2.45) is 0 Å². The van der Waals surface area contributed by atoms with Crippen LogP contribution in [-0.2, 0) is 14.8 Å². The summed E-state index contributed by atoms with van der Waals surface area (Å²) in [5.74, 6) is -0.291. The summed E-state index contributed by atoms with van der Waals surface area (Å²) in [6.45, 7) is 8.28. The molecule has 1 amide bonds. The number of hydrogen-bond acceptors (Lipinski definition) is 4. The van der Waals surface area contributed by atoms with Crippen LogP contribution in [0.3, 0.4) is 0 Å². The lowest BCUT2D eigenvalue weighted by Crippen LogP contribution is -2.48. The number of benzene rings is 1. The number of carbonyl (C=O) groups is 1. The number of carbonyl (C=O) groups excluding carboxylic acids is 1. The lowest BCUT2D eigenvalue weighted by atomic mass is 10.1. The number of amides is 1. The van der Waals surface area contributed by atoms with Crippen LogP contribution in [0.15, 0.2) is 23.1 Å². The molecule has 158 valence electrons. The Balaban J connectivity index is 2.19. The lowest BCUT2D eigenvalue weighted by Gasteiger charge is -2.34. The fraction of sp³-hybridized carbons (Fsp3) is 0.650. The van der Waals surface area contributed by atoms with Gasteiger partial charge in [-0.2, -0.15) is 4.31 Å². The maximum atomic E-state index is 13.1. The van der Waals surface area contributed by atoms with Gasteiger partial charge in [0.15, 0.2) is 0 Å². The molecule has 0 aromatic heterocycles. The number of nitrogens with zero attached hydrogens (tertiary/aromatic N) is 1. The summed E-state index contributed by atoms with van der Waals surface area (Å²) in [6.07, 6.45) is 3.78. The number of ether oxygens (including phenoxy) is 1. The standard InChI is InChI=1S/C20H31ClN2O4S/c1-5-6-7-8-14(2)22-20(24)17-9-10-18(21)19(11-17)28(25,26)23-12-15(3)27-16(4)13-23/h9-11,14-16H,5-8,12-13H2,1-4H3,(H,22,24). The molecule has 3 atom stereocenters. The number of unbranched alkanes of at least 4 members (excludes halogenated alkanes) is 2. The summed E-state index contributed by atoms with van der Waals surface area (Å²) in [5, 5.41) is 3.05. The molecular formula is C20H31ClN2O4S. The molecule has 1 N–H and O–H groups in total. The van der Waals surface area contributed by atoms with E-state index in [0.717, 1.165) is 25.7 Å². The second-order valence-electron chi connectivity index (χ2n) is 7.59. The van der Waals surface area contributed by atoms with Crippen molar-refractivity contribution in [1.29, 1.82) is 0 Å². The molecule has 0 aliphatic carbocycles. The van der Waals surface area contributed by atoms with Gasteiger partial charge >= 0.3 is 0 Å². The van der Waals surface area contributed by atoms with Crippen molar-refractivity contribution in [1.82, 2.24) is 9.62 Å². The van der Waals surface area contributed by atoms with Gasteiger partial charge in [0.2, 0.25) is 10.0 Å². The number of sulfonamides is 1. The molecule has 0 radical (unpaired) electrons. The van der Waals surface area contributed by atoms with Crippen molar-refractivity contribution in [2.75, 3.05) is 13.1 Å². The predicted octanol–water partition coefficient (Wildman–Crippen LogP) is 3.84. The van der Waals surface area contributed by atoms with E-state index in [1.54, 1.807) is 6.07 Å². The van der Waals surface area contributed by atoms with Gasteiger partial charge < -0.3 is 10.1 Å². The summed E-state index contributed by atoms with van der Waals surface area (Å²) < 4.78 is 33.2. The second-order valence-corrected chi connectivity index (χ2v) is 9.91. The highest BCUT2D eigenvalue weighted by molar-refractivity contribution is 7.89. The number of halogens is 1. The third-order valence-corrected chi connectivity index (χ3v) is 7.13. The molecular weight excluding hydrogens is 400 g/mol. The third-order valence-electron chi connectivity index (χ3n) is 4.82. The Labute approximate surface area is 173 Å². The van der Waals surface area contributed by atoms with Gasteiger partial charge in [-0.15, -0.1) is 0 Å². The Morgan fingerprint density at radius 2 is 1.93 bits per heavy atom. The summed E-state index contributed by atoms with van der Waals surface area (Å²) in [6, 6.07) is 4.42. The van der Waals surface area contributed by atoms with Crippen LogP contribution in [-0.4, -0.2) is 50.0 Å². The topological polar surface area (TPSA) is 75.7 Å². The first-order chi connectivity index (χ1) is 13.1. The smallest absolute Gasteiger partial charge is 0.251 e. The molecule has 0 spiro atoms. The zero-order valence-corrected chi connectivity index (χ0v) is 18.6. The molecule has 1 aliphatic rings. The minimum atomic E-state index is -3.82. The Hall–Kier alpha value is -1.15. The number of hydrogen-bond donors (Lipinski definition) is 1. The molecule has 0 bridgehead atoms. The van der Waals surface area contributed by atoms with Gasteiger partial charge in [-0.3, -0.25) is 4.79 Å². The van der Waals surface area contributed by atoms with Gasteiger partial charge in [-0.25, -0.2) is 8.42 Å². The molecule has 1 aromatic carbocycles. The van der Waals surface area contributed by atoms with Crippen molar-refractivity contribution in [3.8, 4) is 0 Å². The molecule has 1 heterocycles. The van der Waals surface area contributed by atoms with Crippen LogP contribution in [0.2, 0.25) is 5.02 Å². The minimum Gasteiger partial charge on any atom is -0.373 e. The Morgan fingerprint density at radius 1 is 1.29 bits per heavy atom. The van der Waals surface area contributed by atoms with Crippen LogP contribution in [0.1, 0.15) is 63.7 Å². The maximum Gasteiger partial charge on any atom is 0.251 e. The van der Waals surface area contributed by atoms with E-state index in [4.69, 9.17) is 16.3 Å². The lowest BCUT2D eigenvalue weighted by molar-refractivity contribution is -0.0440. The zero-order chi connectivity index (χ0) is 20.9. The summed E-state index contributed by atoms with van der Waals surface area (Å²) in [5.41, 5.74) is 0.291. The number of morpholine rings is 1. The molecule has 2 rings (SSSR count). The first-order valence-electron chi connectivity index (χ1n) is 9.91. The number of rotatable bonds is 8. The van der Waals surface area contributed by atoms with Crippen LogP contribution in [0, 0.1) is 0 Å². The average molecular weight is 431 g/mol. The fourth-order valence-corrected chi connectivity index (χ4v) is 5.48. The van der Waals surface area contributed by atoms with Crippen LogP contribution < -0.4 is 5.32 Å². The van der Waals surface area contributed by atoms with E-state index < -0.39 is 10.0 Å². The zero-order valence-electron chi connectivity index (χ0n) is 17.1. The van der Waals surface area contributed by atoms with Gasteiger partial charge in [0.05, 0.1) is 17.2 Å². The number of nitrogens with one attached hydrogen (secondary N) is 1. The van der Waals surface area contributed by atoms with E-state index in [1.807, 2.05) is 20.8 Å². The van der Waals surface area contributed by atoms with Gasteiger partial charge in [-0.05, 0) is 45.4 Å². The molecule has 0 saturated carbocycles. The van der Waals surface area contributed by atoms with E-state index in [0.29, 0.717) is 5.56 Å². The predicted molar refractivity (Wildman–Crippen MR) is 111 cm³/mol. The first kappa shape index (κ1) is 23.1. The molecule has 1 saturated heterocycles. The van der Waals surface area contributed by atoms with E-state index >= 15 is 0 Å². The summed E-state index contributed by atoms with van der Waals surface area (Å²) in [4.78, 5) is 12.5. The molecule has 28 heavy (non-hydrogen) atoms. The molecule has 1 fully saturated rings. The molecule has 3 unspecified atom stereocenters. The average Bonchev–Trinajstić information content (AvgIpc) is 2.61. The van der Waals surface area contributed by atoms with E-state index in [1.165, 1.54) is 16.4 Å².